The number of rotatable bonds is 9. The molecule has 2 fully saturated rings. The molecule has 2 aliphatic heterocycles. The van der Waals surface area contributed by atoms with Crippen LogP contribution >= 0.6 is 0 Å². The average Bonchev–Trinajstić information content (AvgIpc) is 3.62. The van der Waals surface area contributed by atoms with E-state index in [1.54, 1.807) is 0 Å². The van der Waals surface area contributed by atoms with E-state index in [9.17, 15) is 31.1 Å². The van der Waals surface area contributed by atoms with Crippen LogP contribution in [0.2, 0.25) is 0 Å². The van der Waals surface area contributed by atoms with Gasteiger partial charge in [-0.2, -0.15) is 31.4 Å². The maximum Gasteiger partial charge on any atom is 0.416 e. The van der Waals surface area contributed by atoms with Crippen LogP contribution in [0.25, 0.3) is 11.1 Å². The lowest BCUT2D eigenvalue weighted by atomic mass is 9.96. The summed E-state index contributed by atoms with van der Waals surface area (Å²) < 4.78 is 92.7. The van der Waals surface area contributed by atoms with Crippen molar-refractivity contribution in [3.05, 3.63) is 88.6 Å². The molecule has 9 nitrogen and oxygen atoms in total. The zero-order chi connectivity index (χ0) is 33.5. The van der Waals surface area contributed by atoms with Gasteiger partial charge in [0.2, 0.25) is 0 Å². The summed E-state index contributed by atoms with van der Waals surface area (Å²) in [4.78, 5) is 25.6. The Morgan fingerprint density at radius 3 is 2.28 bits per heavy atom. The molecule has 1 N–H and O–H groups in total. The molecule has 0 bridgehead atoms. The summed E-state index contributed by atoms with van der Waals surface area (Å²) in [6.45, 7) is 3.00. The Balaban J connectivity index is 1.35. The van der Waals surface area contributed by atoms with Crippen molar-refractivity contribution < 1.29 is 40.6 Å². The molecule has 47 heavy (non-hydrogen) atoms. The number of anilines is 1. The van der Waals surface area contributed by atoms with E-state index < -0.39 is 47.3 Å². The molecular weight excluding hydrogens is 630 g/mol. The van der Waals surface area contributed by atoms with Crippen LogP contribution in [0.4, 0.5) is 37.0 Å². The van der Waals surface area contributed by atoms with Crippen LogP contribution in [0, 0.1) is 0 Å². The van der Waals surface area contributed by atoms with E-state index in [1.807, 2.05) is 30.3 Å². The topological polar surface area (TPSA) is 96.5 Å². The highest BCUT2D eigenvalue weighted by Gasteiger charge is 2.43. The van der Waals surface area contributed by atoms with Gasteiger partial charge in [0.25, 0.3) is 0 Å². The molecule has 6 rings (SSSR count). The van der Waals surface area contributed by atoms with Gasteiger partial charge in [-0.1, -0.05) is 6.07 Å². The highest BCUT2D eigenvalue weighted by molar-refractivity contribution is 5.76. The van der Waals surface area contributed by atoms with Gasteiger partial charge in [-0.25, -0.2) is 14.8 Å². The summed E-state index contributed by atoms with van der Waals surface area (Å²) in [5.41, 5.74) is -0.602. The first-order valence-corrected chi connectivity index (χ1v) is 14.9. The van der Waals surface area contributed by atoms with Gasteiger partial charge in [-0.15, -0.1) is 0 Å². The van der Waals surface area contributed by atoms with Crippen molar-refractivity contribution >= 4 is 11.9 Å². The lowest BCUT2D eigenvalue weighted by Crippen LogP contribution is -2.38. The zero-order valence-electron chi connectivity index (χ0n) is 25.3. The minimum absolute atomic E-state index is 0.0486. The number of alkyl halides is 6. The third kappa shape index (κ3) is 6.69. The van der Waals surface area contributed by atoms with Crippen molar-refractivity contribution in [2.24, 2.45) is 0 Å². The van der Waals surface area contributed by atoms with Gasteiger partial charge in [0.15, 0.2) is 5.82 Å². The van der Waals surface area contributed by atoms with Gasteiger partial charge in [-0.3, -0.25) is 10.00 Å². The van der Waals surface area contributed by atoms with Crippen LogP contribution in [0.15, 0.2) is 54.9 Å². The number of hydrogen-bond acceptors (Lipinski definition) is 7. The number of H-pyrrole nitrogens is 1. The highest BCUT2D eigenvalue weighted by Crippen LogP contribution is 2.42. The second-order valence-corrected chi connectivity index (χ2v) is 11.5. The van der Waals surface area contributed by atoms with E-state index in [0.717, 1.165) is 25.1 Å². The second kappa shape index (κ2) is 12.4. The van der Waals surface area contributed by atoms with Crippen LogP contribution in [-0.4, -0.2) is 57.4 Å². The average molecular weight is 661 g/mol. The number of carbonyl (C=O) groups excluding carboxylic acids is 1. The number of methoxy groups -OCH3 is 1. The van der Waals surface area contributed by atoms with E-state index in [0.29, 0.717) is 59.2 Å². The molecule has 1 amide bonds. The van der Waals surface area contributed by atoms with Gasteiger partial charge < -0.3 is 14.4 Å². The molecular formula is C32H30F6N6O3. The molecule has 0 spiro atoms. The van der Waals surface area contributed by atoms with Crippen molar-refractivity contribution in [2.75, 3.05) is 25.1 Å². The van der Waals surface area contributed by atoms with Crippen LogP contribution in [0.5, 0.6) is 5.75 Å². The van der Waals surface area contributed by atoms with Crippen molar-refractivity contribution in [3.63, 3.8) is 0 Å². The summed E-state index contributed by atoms with van der Waals surface area (Å²) >= 11 is 0. The minimum atomic E-state index is -5.04. The van der Waals surface area contributed by atoms with Crippen molar-refractivity contribution in [3.8, 4) is 16.9 Å². The maximum atomic E-state index is 13.6. The molecule has 15 heteroatoms. The van der Waals surface area contributed by atoms with Crippen molar-refractivity contribution in [1.82, 2.24) is 25.1 Å². The summed E-state index contributed by atoms with van der Waals surface area (Å²) in [6, 6.07) is 9.75. The van der Waals surface area contributed by atoms with Crippen molar-refractivity contribution in [2.45, 2.75) is 57.2 Å². The number of cyclic esters (lactones) is 1. The monoisotopic (exact) mass is 660 g/mol. The standard InChI is InChI=1S/C32H30F6N6O3/c1-18-29(20-13-21(31(33,34)35)15-22(14-20)32(36,37)38)47-30(45)44(18)16-25-23(6-9-28(41-25)43-10-3-11-43)24-12-19(4-7-26(24)46-2)5-8-27-39-17-40-42-27/h4,6-7,9,12-15,17-18,29H,3,5,8,10-11,16H2,1-2H3,(H,39,40,42). The Kier molecular flexibility index (Phi) is 8.49. The lowest BCUT2D eigenvalue weighted by molar-refractivity contribution is -0.143. The number of aromatic amines is 1. The molecule has 0 radical (unpaired) electrons. The SMILES string of the molecule is COc1ccc(CCc2nc[nH]n2)cc1-c1ccc(N2CCC2)nc1CN1C(=O)OC(c2cc(C(F)(F)F)cc(C(F)(F)F)c2)C1C. The molecule has 2 atom stereocenters. The number of amides is 1. The molecule has 0 saturated carbocycles. The van der Waals surface area contributed by atoms with Crippen LogP contribution < -0.4 is 9.64 Å². The normalized spacial score (nSPS) is 18.3. The fourth-order valence-corrected chi connectivity index (χ4v) is 5.77. The third-order valence-corrected chi connectivity index (χ3v) is 8.45. The number of nitrogens with one attached hydrogen (secondary N) is 1. The largest absolute Gasteiger partial charge is 0.496 e. The molecule has 2 aliphatic rings. The first-order chi connectivity index (χ1) is 22.3. The Labute approximate surface area is 265 Å². The zero-order valence-corrected chi connectivity index (χ0v) is 25.3. The number of hydrogen-bond donors (Lipinski definition) is 1. The summed E-state index contributed by atoms with van der Waals surface area (Å²) in [6.07, 6.45) is -8.66. The van der Waals surface area contributed by atoms with Crippen LogP contribution in [0.1, 0.15) is 53.2 Å². The number of aromatic nitrogens is 4. The molecule has 2 aromatic carbocycles. The molecule has 0 aliphatic carbocycles. The maximum absolute atomic E-state index is 13.6. The number of benzene rings is 2. The van der Waals surface area contributed by atoms with Gasteiger partial charge in [0.05, 0.1) is 36.5 Å². The Morgan fingerprint density at radius 1 is 0.957 bits per heavy atom. The Bertz CT molecular complexity index is 1720. The first-order valence-electron chi connectivity index (χ1n) is 14.9. The number of ether oxygens (including phenoxy) is 2. The minimum Gasteiger partial charge on any atom is -0.496 e. The van der Waals surface area contributed by atoms with Gasteiger partial charge in [-0.05, 0) is 73.4 Å². The number of carbonyl (C=O) groups is 1. The van der Waals surface area contributed by atoms with Gasteiger partial charge in [0, 0.05) is 30.6 Å². The summed E-state index contributed by atoms with van der Waals surface area (Å²) in [7, 11) is 1.53. The first kappa shape index (κ1) is 32.1. The lowest BCUT2D eigenvalue weighted by Gasteiger charge is -2.33. The summed E-state index contributed by atoms with van der Waals surface area (Å²) in [5, 5.41) is 6.79. The summed E-state index contributed by atoms with van der Waals surface area (Å²) in [5.74, 6) is 1.88. The quantitative estimate of drug-likeness (QED) is 0.193. The Morgan fingerprint density at radius 2 is 1.68 bits per heavy atom. The predicted octanol–water partition coefficient (Wildman–Crippen LogP) is 6.99. The number of pyridine rings is 1. The molecule has 248 valence electrons. The number of nitrogens with zero attached hydrogens (tertiary/aromatic N) is 5. The van der Waals surface area contributed by atoms with E-state index in [2.05, 4.69) is 20.1 Å². The fourth-order valence-electron chi connectivity index (χ4n) is 5.77. The number of aryl methyl sites for hydroxylation is 2. The van der Waals surface area contributed by atoms with E-state index in [4.69, 9.17) is 14.5 Å². The van der Waals surface area contributed by atoms with E-state index in [1.165, 1.54) is 25.3 Å². The third-order valence-electron chi connectivity index (χ3n) is 8.45. The predicted molar refractivity (Wildman–Crippen MR) is 158 cm³/mol. The van der Waals surface area contributed by atoms with E-state index in [-0.39, 0.29) is 12.6 Å². The van der Waals surface area contributed by atoms with Crippen LogP contribution in [0.3, 0.4) is 0 Å². The smallest absolute Gasteiger partial charge is 0.416 e. The molecule has 2 aromatic heterocycles. The fraction of sp³-hybridized carbons (Fsp3) is 0.375. The van der Waals surface area contributed by atoms with Crippen molar-refractivity contribution in [1.29, 1.82) is 0 Å². The van der Waals surface area contributed by atoms with E-state index >= 15 is 0 Å². The Hall–Kier alpha value is -4.82. The molecule has 4 aromatic rings. The second-order valence-electron chi connectivity index (χ2n) is 11.5. The highest BCUT2D eigenvalue weighted by atomic mass is 19.4. The van der Waals surface area contributed by atoms with Gasteiger partial charge in [0.1, 0.15) is 24.0 Å². The van der Waals surface area contributed by atoms with Crippen LogP contribution in [-0.2, 0) is 36.5 Å². The number of halogens is 6. The van der Waals surface area contributed by atoms with Gasteiger partial charge >= 0.3 is 18.4 Å². The molecule has 2 saturated heterocycles. The molecule has 2 unspecified atom stereocenters. The molecule has 4 heterocycles.